The summed E-state index contributed by atoms with van der Waals surface area (Å²) in [6, 6.07) is 2.42. The van der Waals surface area contributed by atoms with Crippen LogP contribution in [0.4, 0.5) is 8.78 Å². The molecule has 0 spiro atoms. The van der Waals surface area contributed by atoms with Gasteiger partial charge in [0.25, 0.3) is 0 Å². The fraction of sp³-hybridized carbons (Fsp3) is 0.522. The van der Waals surface area contributed by atoms with E-state index in [4.69, 9.17) is 10.8 Å². The Labute approximate surface area is 197 Å². The van der Waals surface area contributed by atoms with Gasteiger partial charge in [-0.25, -0.2) is 19.2 Å². The van der Waals surface area contributed by atoms with Gasteiger partial charge >= 0.3 is 0 Å². The molecule has 9 heteroatoms. The third-order valence-electron chi connectivity index (χ3n) is 5.71. The molecule has 1 aliphatic heterocycles. The minimum absolute atomic E-state index is 0.0285. The van der Waals surface area contributed by atoms with E-state index in [9.17, 15) is 8.78 Å². The molecule has 0 aliphatic carbocycles. The van der Waals surface area contributed by atoms with Crippen molar-refractivity contribution in [2.24, 2.45) is 0 Å². The van der Waals surface area contributed by atoms with Crippen LogP contribution in [0.15, 0.2) is 12.1 Å². The van der Waals surface area contributed by atoms with Gasteiger partial charge in [0.1, 0.15) is 11.6 Å². The molecule has 0 amide bonds. The first-order valence-electron chi connectivity index (χ1n) is 10.5. The molecule has 2 aromatic rings. The molecule has 5 nitrogen and oxygen atoms in total. The maximum absolute atomic E-state index is 14.9. The van der Waals surface area contributed by atoms with Crippen LogP contribution in [0.25, 0.3) is 10.4 Å². The summed E-state index contributed by atoms with van der Waals surface area (Å²) < 4.78 is 29.8. The Hall–Kier alpha value is -1.84. The molecule has 0 saturated carbocycles. The summed E-state index contributed by atoms with van der Waals surface area (Å²) in [5.74, 6) is -1.17. The van der Waals surface area contributed by atoms with Crippen molar-refractivity contribution in [2.75, 3.05) is 7.05 Å². The minimum atomic E-state index is -0.614. The average molecular weight is 481 g/mol. The molecule has 1 saturated heterocycles. The zero-order valence-corrected chi connectivity index (χ0v) is 21.3. The van der Waals surface area contributed by atoms with Crippen LogP contribution >= 0.6 is 23.1 Å². The number of nitrogens with zero attached hydrogens (tertiary/aromatic N) is 2. The number of hydrogen-bond acceptors (Lipinski definition) is 5. The largest absolute Gasteiger partial charge is 0.351 e. The van der Waals surface area contributed by atoms with Crippen LogP contribution in [0.1, 0.15) is 56.8 Å². The van der Waals surface area contributed by atoms with Crippen molar-refractivity contribution in [1.82, 2.24) is 15.2 Å². The minimum Gasteiger partial charge on any atom is -0.351 e. The van der Waals surface area contributed by atoms with Crippen LogP contribution in [0.2, 0.25) is 0 Å². The predicted molar refractivity (Wildman–Crippen MR) is 130 cm³/mol. The van der Waals surface area contributed by atoms with E-state index in [1.807, 2.05) is 18.9 Å². The number of thiazole rings is 1. The Morgan fingerprint density at radius 3 is 2.31 bits per heavy atom. The molecule has 1 aromatic carbocycles. The fourth-order valence-corrected chi connectivity index (χ4v) is 6.34. The van der Waals surface area contributed by atoms with Gasteiger partial charge in [-0.05, 0) is 66.5 Å². The maximum atomic E-state index is 14.9. The van der Waals surface area contributed by atoms with Gasteiger partial charge in [-0.15, -0.1) is 11.3 Å². The van der Waals surface area contributed by atoms with E-state index in [0.29, 0.717) is 10.6 Å². The molecule has 0 atom stereocenters. The number of aromatic nitrogens is 1. The van der Waals surface area contributed by atoms with Crippen molar-refractivity contribution in [3.05, 3.63) is 40.0 Å². The van der Waals surface area contributed by atoms with Gasteiger partial charge in [0.05, 0.1) is 21.1 Å². The van der Waals surface area contributed by atoms with Crippen LogP contribution < -0.4 is 10.7 Å². The lowest BCUT2D eigenvalue weighted by Crippen LogP contribution is -2.62. The molecule has 0 unspecified atom stereocenters. The van der Waals surface area contributed by atoms with Gasteiger partial charge in [0.2, 0.25) is 5.04 Å². The summed E-state index contributed by atoms with van der Waals surface area (Å²) in [6.07, 6.45) is 1.72. The summed E-state index contributed by atoms with van der Waals surface area (Å²) in [5, 5.41) is 19.4. The fourth-order valence-electron chi connectivity index (χ4n) is 4.63. The quantitative estimate of drug-likeness (QED) is 0.456. The monoisotopic (exact) mass is 480 g/mol. The number of amidine groups is 1. The smallest absolute Gasteiger partial charge is 0.249 e. The van der Waals surface area contributed by atoms with E-state index < -0.39 is 11.6 Å². The third-order valence-corrected chi connectivity index (χ3v) is 7.74. The second kappa shape index (κ2) is 8.83. The van der Waals surface area contributed by atoms with E-state index in [2.05, 4.69) is 38.0 Å². The number of thioether (sulfide) groups is 1. The second-order valence-electron chi connectivity index (χ2n) is 9.80. The first-order valence-corrected chi connectivity index (χ1v) is 12.2. The molecular weight excluding hydrogens is 448 g/mol. The highest BCUT2D eigenvalue weighted by atomic mass is 32.2. The molecule has 4 N–H and O–H groups in total. The summed E-state index contributed by atoms with van der Waals surface area (Å²) in [5.41, 5.74) is 0.678. The van der Waals surface area contributed by atoms with Crippen molar-refractivity contribution in [3.63, 3.8) is 0 Å². The molecule has 1 aliphatic rings. The van der Waals surface area contributed by atoms with E-state index >= 15 is 0 Å². The molecular formula is C23H32F2N5S2+. The number of hydrogen-bond donors (Lipinski definition) is 3. The molecule has 1 aromatic heterocycles. The van der Waals surface area contributed by atoms with Crippen LogP contribution in [-0.2, 0) is 0 Å². The summed E-state index contributed by atoms with van der Waals surface area (Å²) in [7, 11) is 1.86. The summed E-state index contributed by atoms with van der Waals surface area (Å²) >= 11 is 2.28. The van der Waals surface area contributed by atoms with E-state index in [1.54, 1.807) is 6.92 Å². The Kier molecular flexibility index (Phi) is 6.85. The zero-order valence-electron chi connectivity index (χ0n) is 19.7. The molecule has 1 fully saturated rings. The third kappa shape index (κ3) is 5.38. The number of piperidine rings is 1. The van der Waals surface area contributed by atoms with Gasteiger partial charge in [-0.2, -0.15) is 0 Å². The number of nitrogens with two attached hydrogens (primary N) is 1. The van der Waals surface area contributed by atoms with Crippen molar-refractivity contribution >= 4 is 33.3 Å². The van der Waals surface area contributed by atoms with Crippen LogP contribution in [0, 0.1) is 30.9 Å². The van der Waals surface area contributed by atoms with Crippen LogP contribution in [0.3, 0.4) is 0 Å². The SMILES string of the molecule is Cc1nc(C)c(-c2cc(F)c(C(=[NH2+])SC(=N)N(C)C3CC(C)(C)NC(C)(C)C3)cc2F)s1. The number of halogens is 2. The molecule has 0 bridgehead atoms. The van der Waals surface area contributed by atoms with Gasteiger partial charge < -0.3 is 10.2 Å². The lowest BCUT2D eigenvalue weighted by atomic mass is 9.79. The number of rotatable bonds is 3. The lowest BCUT2D eigenvalue weighted by Gasteiger charge is -2.49. The van der Waals surface area contributed by atoms with Crippen LogP contribution in [-0.4, -0.2) is 44.3 Å². The topological polar surface area (TPSA) is 77.6 Å². The Balaban J connectivity index is 1.77. The highest BCUT2D eigenvalue weighted by molar-refractivity contribution is 8.26. The van der Waals surface area contributed by atoms with Crippen molar-refractivity contribution in [2.45, 2.75) is 71.5 Å². The molecule has 2 heterocycles. The molecule has 0 radical (unpaired) electrons. The first kappa shape index (κ1) is 24.8. The molecule has 32 heavy (non-hydrogen) atoms. The Bertz CT molecular complexity index is 1040. The average Bonchev–Trinajstić information content (AvgIpc) is 2.97. The Morgan fingerprint density at radius 2 is 1.78 bits per heavy atom. The number of nitrogens with one attached hydrogen (secondary N) is 2. The Morgan fingerprint density at radius 1 is 1.19 bits per heavy atom. The predicted octanol–water partition coefficient (Wildman–Crippen LogP) is 4.12. The van der Waals surface area contributed by atoms with E-state index in [-0.39, 0.29) is 38.5 Å². The van der Waals surface area contributed by atoms with Crippen LogP contribution in [0.5, 0.6) is 0 Å². The second-order valence-corrected chi connectivity index (χ2v) is 12.0. The number of benzene rings is 1. The van der Waals surface area contributed by atoms with Crippen molar-refractivity contribution in [1.29, 1.82) is 5.41 Å². The molecule has 174 valence electrons. The standard InChI is InChI=1S/C23H31F2N5S2/c1-12-19(31-13(2)28-12)15-8-18(25)16(9-17(15)24)20(26)32-21(27)30(7)14-10-22(3,4)29-23(5,6)11-14/h8-9,14,26-27,29H,10-11H2,1-7H3/p+1. The lowest BCUT2D eigenvalue weighted by molar-refractivity contribution is -0.107. The highest BCUT2D eigenvalue weighted by Gasteiger charge is 2.40. The zero-order chi connectivity index (χ0) is 24.0. The van der Waals surface area contributed by atoms with Gasteiger partial charge in [-0.3, -0.25) is 5.41 Å². The van der Waals surface area contributed by atoms with Gasteiger partial charge in [0.15, 0.2) is 5.17 Å². The highest BCUT2D eigenvalue weighted by Crippen LogP contribution is 2.35. The van der Waals surface area contributed by atoms with Crippen molar-refractivity contribution < 1.29 is 14.2 Å². The van der Waals surface area contributed by atoms with Gasteiger partial charge in [-0.1, -0.05) is 0 Å². The van der Waals surface area contributed by atoms with Gasteiger partial charge in [0, 0.05) is 41.5 Å². The van der Waals surface area contributed by atoms with E-state index in [0.717, 1.165) is 35.7 Å². The van der Waals surface area contributed by atoms with E-state index in [1.165, 1.54) is 17.4 Å². The first-order chi connectivity index (χ1) is 14.7. The normalized spacial score (nSPS) is 17.9. The maximum Gasteiger partial charge on any atom is 0.249 e. The van der Waals surface area contributed by atoms with Crippen molar-refractivity contribution in [3.8, 4) is 10.4 Å². The summed E-state index contributed by atoms with van der Waals surface area (Å²) in [4.78, 5) is 6.79. The number of aryl methyl sites for hydroxylation is 2. The molecule has 3 rings (SSSR count). The summed E-state index contributed by atoms with van der Waals surface area (Å²) in [6.45, 7) is 12.2.